The standard InChI is InChI=1S/C22H26N2O2S/c1-23(2)12-13-27-15-20-21(16-8-6-5-7-9-16)19-14-17(26-4)10-11-18(19)22(25)24(20)3/h5-11,14H,12-13,15H2,1-4H3. The molecule has 1 aromatic heterocycles. The molecule has 1 heterocycles. The first kappa shape index (κ1) is 19.5. The predicted molar refractivity (Wildman–Crippen MR) is 116 cm³/mol. The summed E-state index contributed by atoms with van der Waals surface area (Å²) < 4.78 is 7.23. The monoisotopic (exact) mass is 382 g/mol. The number of pyridine rings is 1. The van der Waals surface area contributed by atoms with Gasteiger partial charge in [-0.05, 0) is 37.9 Å². The fourth-order valence-corrected chi connectivity index (χ4v) is 4.35. The topological polar surface area (TPSA) is 34.5 Å². The summed E-state index contributed by atoms with van der Waals surface area (Å²) in [5.41, 5.74) is 3.32. The number of aromatic nitrogens is 1. The number of hydrogen-bond acceptors (Lipinski definition) is 4. The predicted octanol–water partition coefficient (Wildman–Crippen LogP) is 4.01. The highest BCUT2D eigenvalue weighted by atomic mass is 32.2. The number of thioether (sulfide) groups is 1. The van der Waals surface area contributed by atoms with Crippen molar-refractivity contribution < 1.29 is 4.74 Å². The number of rotatable bonds is 7. The van der Waals surface area contributed by atoms with Crippen LogP contribution in [0.3, 0.4) is 0 Å². The Morgan fingerprint density at radius 1 is 1.07 bits per heavy atom. The first-order chi connectivity index (χ1) is 13.0. The third kappa shape index (κ3) is 4.20. The molecule has 3 aromatic rings. The summed E-state index contributed by atoms with van der Waals surface area (Å²) in [6.07, 6.45) is 0. The van der Waals surface area contributed by atoms with Crippen LogP contribution >= 0.6 is 11.8 Å². The van der Waals surface area contributed by atoms with Crippen LogP contribution in [0.4, 0.5) is 0 Å². The molecule has 0 bridgehead atoms. The van der Waals surface area contributed by atoms with Crippen LogP contribution in [0.25, 0.3) is 21.9 Å². The fraction of sp³-hybridized carbons (Fsp3) is 0.318. The SMILES string of the molecule is COc1ccc2c(=O)n(C)c(CSCCN(C)C)c(-c3ccccc3)c2c1. The van der Waals surface area contributed by atoms with Crippen molar-refractivity contribution in [3.05, 3.63) is 64.6 Å². The van der Waals surface area contributed by atoms with Crippen molar-refractivity contribution in [3.63, 3.8) is 0 Å². The molecule has 0 unspecified atom stereocenters. The molecule has 0 fully saturated rings. The van der Waals surface area contributed by atoms with Gasteiger partial charge in [-0.2, -0.15) is 11.8 Å². The molecule has 0 saturated heterocycles. The summed E-state index contributed by atoms with van der Waals surface area (Å²) in [7, 11) is 7.69. The van der Waals surface area contributed by atoms with Gasteiger partial charge in [0.1, 0.15) is 5.75 Å². The van der Waals surface area contributed by atoms with E-state index < -0.39 is 0 Å². The zero-order chi connectivity index (χ0) is 19.4. The average Bonchev–Trinajstić information content (AvgIpc) is 2.68. The molecule has 2 aromatic carbocycles. The number of hydrogen-bond donors (Lipinski definition) is 0. The highest BCUT2D eigenvalue weighted by Gasteiger charge is 2.17. The van der Waals surface area contributed by atoms with E-state index in [1.54, 1.807) is 11.7 Å². The summed E-state index contributed by atoms with van der Waals surface area (Å²) >= 11 is 1.85. The van der Waals surface area contributed by atoms with Crippen LogP contribution in [-0.2, 0) is 12.8 Å². The van der Waals surface area contributed by atoms with E-state index in [0.29, 0.717) is 0 Å². The third-order valence-corrected chi connectivity index (χ3v) is 5.66. The van der Waals surface area contributed by atoms with Gasteiger partial charge in [0.05, 0.1) is 7.11 Å². The van der Waals surface area contributed by atoms with Crippen molar-refractivity contribution in [2.75, 3.05) is 33.5 Å². The molecule has 0 amide bonds. The Morgan fingerprint density at radius 3 is 2.48 bits per heavy atom. The number of ether oxygens (including phenoxy) is 1. The highest BCUT2D eigenvalue weighted by molar-refractivity contribution is 7.98. The van der Waals surface area contributed by atoms with Crippen molar-refractivity contribution in [2.24, 2.45) is 7.05 Å². The maximum absolute atomic E-state index is 13.0. The average molecular weight is 383 g/mol. The van der Waals surface area contributed by atoms with Crippen LogP contribution in [0, 0.1) is 0 Å². The van der Waals surface area contributed by atoms with Gasteiger partial charge in [0.15, 0.2) is 0 Å². The van der Waals surface area contributed by atoms with Crippen molar-refractivity contribution in [1.29, 1.82) is 0 Å². The van der Waals surface area contributed by atoms with E-state index in [0.717, 1.165) is 51.4 Å². The minimum absolute atomic E-state index is 0.0375. The number of benzene rings is 2. The van der Waals surface area contributed by atoms with Crippen LogP contribution in [0.1, 0.15) is 5.69 Å². The lowest BCUT2D eigenvalue weighted by Gasteiger charge is -2.18. The first-order valence-electron chi connectivity index (χ1n) is 9.00. The zero-order valence-corrected chi connectivity index (χ0v) is 17.2. The molecule has 0 N–H and O–H groups in total. The molecule has 0 saturated carbocycles. The van der Waals surface area contributed by atoms with Crippen LogP contribution < -0.4 is 10.3 Å². The van der Waals surface area contributed by atoms with Gasteiger partial charge >= 0.3 is 0 Å². The van der Waals surface area contributed by atoms with Gasteiger partial charge in [0.2, 0.25) is 0 Å². The Labute approximate surface area is 164 Å². The zero-order valence-electron chi connectivity index (χ0n) is 16.4. The normalized spacial score (nSPS) is 11.3. The Morgan fingerprint density at radius 2 is 1.81 bits per heavy atom. The van der Waals surface area contributed by atoms with E-state index >= 15 is 0 Å². The molecule has 0 radical (unpaired) electrons. The number of methoxy groups -OCH3 is 1. The van der Waals surface area contributed by atoms with Crippen LogP contribution in [0.15, 0.2) is 53.3 Å². The molecule has 0 aliphatic heterocycles. The summed E-state index contributed by atoms with van der Waals surface area (Å²) in [5.74, 6) is 2.57. The second kappa shape index (κ2) is 8.63. The molecule has 3 rings (SSSR count). The maximum Gasteiger partial charge on any atom is 0.258 e. The van der Waals surface area contributed by atoms with Gasteiger partial charge in [0.25, 0.3) is 5.56 Å². The lowest BCUT2D eigenvalue weighted by atomic mass is 9.97. The highest BCUT2D eigenvalue weighted by Crippen LogP contribution is 2.34. The molecule has 0 atom stereocenters. The number of fused-ring (bicyclic) bond motifs is 1. The maximum atomic E-state index is 13.0. The van der Waals surface area contributed by atoms with Crippen molar-refractivity contribution in [3.8, 4) is 16.9 Å². The molecule has 4 nitrogen and oxygen atoms in total. The smallest absolute Gasteiger partial charge is 0.258 e. The van der Waals surface area contributed by atoms with Gasteiger partial charge in [-0.15, -0.1) is 0 Å². The van der Waals surface area contributed by atoms with Crippen molar-refractivity contribution in [1.82, 2.24) is 9.47 Å². The minimum atomic E-state index is 0.0375. The van der Waals surface area contributed by atoms with E-state index in [1.807, 2.05) is 55.2 Å². The van der Waals surface area contributed by atoms with Gasteiger partial charge in [-0.3, -0.25) is 4.79 Å². The van der Waals surface area contributed by atoms with Gasteiger partial charge in [-0.1, -0.05) is 30.3 Å². The molecule has 5 heteroatoms. The molecular formula is C22H26N2O2S. The molecule has 142 valence electrons. The Hall–Kier alpha value is -2.24. The minimum Gasteiger partial charge on any atom is -0.497 e. The second-order valence-electron chi connectivity index (χ2n) is 6.82. The van der Waals surface area contributed by atoms with Gasteiger partial charge in [0, 0.05) is 47.1 Å². The van der Waals surface area contributed by atoms with Crippen molar-refractivity contribution >= 4 is 22.5 Å². The van der Waals surface area contributed by atoms with Crippen LogP contribution in [0.5, 0.6) is 5.75 Å². The van der Waals surface area contributed by atoms with E-state index in [4.69, 9.17) is 4.74 Å². The summed E-state index contributed by atoms with van der Waals surface area (Å²) in [6, 6.07) is 16.0. The summed E-state index contributed by atoms with van der Waals surface area (Å²) in [5, 5.41) is 1.67. The van der Waals surface area contributed by atoms with E-state index in [2.05, 4.69) is 31.1 Å². The lowest BCUT2D eigenvalue weighted by molar-refractivity contribution is 0.415. The molecule has 0 aliphatic carbocycles. The quantitative estimate of drug-likeness (QED) is 0.578. The molecule has 0 aliphatic rings. The van der Waals surface area contributed by atoms with E-state index in [9.17, 15) is 4.79 Å². The van der Waals surface area contributed by atoms with Gasteiger partial charge < -0.3 is 14.2 Å². The first-order valence-corrected chi connectivity index (χ1v) is 10.2. The Balaban J connectivity index is 2.19. The lowest BCUT2D eigenvalue weighted by Crippen LogP contribution is -2.22. The van der Waals surface area contributed by atoms with E-state index in [1.165, 1.54) is 0 Å². The second-order valence-corrected chi connectivity index (χ2v) is 7.92. The summed E-state index contributed by atoms with van der Waals surface area (Å²) in [6.45, 7) is 1.01. The van der Waals surface area contributed by atoms with Crippen LogP contribution in [-0.4, -0.2) is 43.0 Å². The largest absolute Gasteiger partial charge is 0.497 e. The molecule has 0 spiro atoms. The van der Waals surface area contributed by atoms with E-state index in [-0.39, 0.29) is 5.56 Å². The third-order valence-electron chi connectivity index (χ3n) is 4.71. The summed E-state index contributed by atoms with van der Waals surface area (Å²) in [4.78, 5) is 15.2. The van der Waals surface area contributed by atoms with Gasteiger partial charge in [-0.25, -0.2) is 0 Å². The fourth-order valence-electron chi connectivity index (χ4n) is 3.18. The molecule has 27 heavy (non-hydrogen) atoms. The Bertz CT molecular complexity index is 981. The van der Waals surface area contributed by atoms with Crippen LogP contribution in [0.2, 0.25) is 0 Å². The number of nitrogens with zero attached hydrogens (tertiary/aromatic N) is 2. The van der Waals surface area contributed by atoms with Crippen molar-refractivity contribution in [2.45, 2.75) is 5.75 Å². The Kier molecular flexibility index (Phi) is 6.24. The molecular weight excluding hydrogens is 356 g/mol.